The predicted molar refractivity (Wildman–Crippen MR) is 80.1 cm³/mol. The lowest BCUT2D eigenvalue weighted by molar-refractivity contribution is -0.148. The molecule has 2 heterocycles. The number of hydrogen-bond donors (Lipinski definition) is 1. The van der Waals surface area contributed by atoms with Gasteiger partial charge < -0.3 is 4.57 Å². The van der Waals surface area contributed by atoms with Gasteiger partial charge >= 0.3 is 6.18 Å². The molecular weight excluding hydrogens is 323 g/mol. The Balaban J connectivity index is 2.02. The van der Waals surface area contributed by atoms with Gasteiger partial charge in [-0.3, -0.25) is 10.1 Å². The Labute approximate surface area is 134 Å². The van der Waals surface area contributed by atoms with E-state index < -0.39 is 23.9 Å². The topological polar surface area (TPSA) is 72.7 Å². The van der Waals surface area contributed by atoms with Crippen molar-refractivity contribution in [1.29, 1.82) is 0 Å². The van der Waals surface area contributed by atoms with Crippen LogP contribution < -0.4 is 5.32 Å². The zero-order valence-corrected chi connectivity index (χ0v) is 12.4. The molecule has 0 spiro atoms. The van der Waals surface area contributed by atoms with Crippen LogP contribution in [0, 0.1) is 0 Å². The summed E-state index contributed by atoms with van der Waals surface area (Å²) >= 11 is 0. The van der Waals surface area contributed by atoms with Crippen molar-refractivity contribution in [2.75, 3.05) is 5.32 Å². The molecule has 0 aliphatic rings. The average molecular weight is 335 g/mol. The first kappa shape index (κ1) is 15.9. The molecule has 0 fully saturated rings. The summed E-state index contributed by atoms with van der Waals surface area (Å²) in [7, 11) is 0. The molecule has 1 aromatic carbocycles. The predicted octanol–water partition coefficient (Wildman–Crippen LogP) is 3.04. The van der Waals surface area contributed by atoms with E-state index in [0.717, 1.165) is 4.57 Å². The Morgan fingerprint density at radius 3 is 2.50 bits per heavy atom. The molecule has 1 N–H and O–H groups in total. The molecule has 1 atom stereocenters. The number of imidazole rings is 1. The summed E-state index contributed by atoms with van der Waals surface area (Å²) in [5.74, 6) is -1.78. The van der Waals surface area contributed by atoms with Gasteiger partial charge in [0.25, 0.3) is 0 Å². The number of benzene rings is 1. The summed E-state index contributed by atoms with van der Waals surface area (Å²) in [6, 6.07) is 6.53. The molecule has 2 aromatic heterocycles. The van der Waals surface area contributed by atoms with E-state index in [1.807, 2.05) is 0 Å². The lowest BCUT2D eigenvalue weighted by Gasteiger charge is -2.17. The van der Waals surface area contributed by atoms with Gasteiger partial charge in [-0.1, -0.05) is 12.1 Å². The van der Waals surface area contributed by atoms with Crippen LogP contribution in [0.2, 0.25) is 0 Å². The minimum atomic E-state index is -4.68. The van der Waals surface area contributed by atoms with Crippen LogP contribution in [0.15, 0.2) is 42.7 Å². The van der Waals surface area contributed by atoms with E-state index in [-0.39, 0.29) is 17.0 Å². The van der Waals surface area contributed by atoms with Crippen LogP contribution in [-0.4, -0.2) is 25.4 Å². The van der Waals surface area contributed by atoms with Crippen molar-refractivity contribution in [1.82, 2.24) is 19.5 Å². The van der Waals surface area contributed by atoms with Gasteiger partial charge in [-0.05, 0) is 25.1 Å². The minimum absolute atomic E-state index is 0.0207. The first-order valence-corrected chi connectivity index (χ1v) is 7.00. The Hall–Kier alpha value is -2.97. The normalized spacial score (nSPS) is 13.0. The Bertz CT molecular complexity index is 876. The maximum atomic E-state index is 13.3. The van der Waals surface area contributed by atoms with E-state index in [9.17, 15) is 18.0 Å². The van der Waals surface area contributed by atoms with Crippen LogP contribution in [0.4, 0.5) is 19.1 Å². The monoisotopic (exact) mass is 335 g/mol. The number of halogens is 3. The van der Waals surface area contributed by atoms with Gasteiger partial charge in [0.1, 0.15) is 6.04 Å². The largest absolute Gasteiger partial charge is 0.449 e. The maximum Gasteiger partial charge on any atom is 0.449 e. The molecule has 124 valence electrons. The van der Waals surface area contributed by atoms with Crippen molar-refractivity contribution < 1.29 is 18.0 Å². The van der Waals surface area contributed by atoms with Gasteiger partial charge in [0, 0.05) is 12.4 Å². The first-order valence-electron chi connectivity index (χ1n) is 7.00. The lowest BCUT2D eigenvalue weighted by Crippen LogP contribution is -2.28. The zero-order valence-electron chi connectivity index (χ0n) is 12.4. The molecule has 0 saturated carbocycles. The number of nitrogens with one attached hydrogen (secondary N) is 1. The number of aromatic nitrogens is 4. The fourth-order valence-electron chi connectivity index (χ4n) is 2.33. The van der Waals surface area contributed by atoms with Crippen LogP contribution in [0.5, 0.6) is 0 Å². The summed E-state index contributed by atoms with van der Waals surface area (Å²) in [6.07, 6.45) is -1.85. The number of amides is 1. The van der Waals surface area contributed by atoms with Gasteiger partial charge in [-0.2, -0.15) is 13.2 Å². The highest BCUT2D eigenvalue weighted by Crippen LogP contribution is 2.33. The summed E-state index contributed by atoms with van der Waals surface area (Å²) in [6.45, 7) is 1.36. The highest BCUT2D eigenvalue weighted by atomic mass is 19.4. The molecule has 24 heavy (non-hydrogen) atoms. The number of anilines is 1. The van der Waals surface area contributed by atoms with E-state index in [0.29, 0.717) is 0 Å². The van der Waals surface area contributed by atoms with Crippen molar-refractivity contribution in [3.05, 3.63) is 48.5 Å². The van der Waals surface area contributed by atoms with Crippen LogP contribution in [0.25, 0.3) is 11.0 Å². The summed E-state index contributed by atoms with van der Waals surface area (Å²) in [5.41, 5.74) is 0.391. The number of hydrogen-bond acceptors (Lipinski definition) is 4. The third kappa shape index (κ3) is 2.92. The van der Waals surface area contributed by atoms with E-state index in [4.69, 9.17) is 0 Å². The summed E-state index contributed by atoms with van der Waals surface area (Å²) in [5, 5.41) is 2.40. The Morgan fingerprint density at radius 2 is 1.83 bits per heavy atom. The highest BCUT2D eigenvalue weighted by molar-refractivity contribution is 5.93. The first-order chi connectivity index (χ1) is 11.4. The average Bonchev–Trinajstić information content (AvgIpc) is 2.95. The molecular formula is C15H12F3N5O. The van der Waals surface area contributed by atoms with Crippen molar-refractivity contribution in [3.8, 4) is 0 Å². The van der Waals surface area contributed by atoms with Gasteiger partial charge in [-0.15, -0.1) is 0 Å². The second-order valence-electron chi connectivity index (χ2n) is 5.03. The molecule has 0 aliphatic heterocycles. The molecule has 9 heteroatoms. The molecule has 0 saturated heterocycles. The number of alkyl halides is 3. The minimum Gasteiger partial charge on any atom is -0.308 e. The fourth-order valence-corrected chi connectivity index (χ4v) is 2.33. The molecule has 6 nitrogen and oxygen atoms in total. The summed E-state index contributed by atoms with van der Waals surface area (Å²) in [4.78, 5) is 23.6. The molecule has 0 aliphatic carbocycles. The van der Waals surface area contributed by atoms with Gasteiger partial charge in [-0.25, -0.2) is 15.0 Å². The van der Waals surface area contributed by atoms with Crippen molar-refractivity contribution in [3.63, 3.8) is 0 Å². The van der Waals surface area contributed by atoms with Crippen LogP contribution in [0.3, 0.4) is 0 Å². The summed E-state index contributed by atoms with van der Waals surface area (Å²) < 4.78 is 40.8. The third-order valence-electron chi connectivity index (χ3n) is 3.42. The quantitative estimate of drug-likeness (QED) is 0.798. The van der Waals surface area contributed by atoms with Gasteiger partial charge in [0.2, 0.25) is 17.7 Å². The number of rotatable bonds is 3. The Kier molecular flexibility index (Phi) is 3.92. The molecule has 0 bridgehead atoms. The number of para-hydroxylation sites is 2. The van der Waals surface area contributed by atoms with E-state index in [2.05, 4.69) is 20.3 Å². The molecule has 3 rings (SSSR count). The second kappa shape index (κ2) is 5.91. The van der Waals surface area contributed by atoms with E-state index in [1.54, 1.807) is 18.2 Å². The van der Waals surface area contributed by atoms with Crippen LogP contribution >= 0.6 is 0 Å². The number of fused-ring (bicyclic) bond motifs is 1. The zero-order chi connectivity index (χ0) is 17.3. The van der Waals surface area contributed by atoms with Crippen molar-refractivity contribution in [2.45, 2.75) is 19.1 Å². The molecule has 0 unspecified atom stereocenters. The highest BCUT2D eigenvalue weighted by Gasteiger charge is 2.39. The second-order valence-corrected chi connectivity index (χ2v) is 5.03. The SMILES string of the molecule is C[C@H](C(=O)Nc1ncccn1)n1c(C(F)(F)F)nc2ccccc21. The third-order valence-corrected chi connectivity index (χ3v) is 3.42. The number of carbonyl (C=O) groups is 1. The Morgan fingerprint density at radius 1 is 1.17 bits per heavy atom. The van der Waals surface area contributed by atoms with Gasteiger partial charge in [0.15, 0.2) is 0 Å². The van der Waals surface area contributed by atoms with Gasteiger partial charge in [0.05, 0.1) is 11.0 Å². The van der Waals surface area contributed by atoms with E-state index in [1.165, 1.54) is 31.5 Å². The molecule has 1 amide bonds. The van der Waals surface area contributed by atoms with Crippen molar-refractivity contribution in [2.24, 2.45) is 0 Å². The molecule has 0 radical (unpaired) electrons. The lowest BCUT2D eigenvalue weighted by atomic mass is 10.2. The van der Waals surface area contributed by atoms with Crippen LogP contribution in [-0.2, 0) is 11.0 Å². The number of nitrogens with zero attached hydrogens (tertiary/aromatic N) is 4. The fraction of sp³-hybridized carbons (Fsp3) is 0.200. The number of carbonyl (C=O) groups excluding carboxylic acids is 1. The van der Waals surface area contributed by atoms with E-state index >= 15 is 0 Å². The standard InChI is InChI=1S/C15H12F3N5O/c1-9(12(24)22-14-19-7-4-8-20-14)23-11-6-3-2-5-10(11)21-13(23)15(16,17)18/h2-9H,1H3,(H,19,20,22,24)/t9-/m1/s1. The van der Waals surface area contributed by atoms with Crippen molar-refractivity contribution >= 4 is 22.9 Å². The maximum absolute atomic E-state index is 13.3. The van der Waals surface area contributed by atoms with Crippen LogP contribution in [0.1, 0.15) is 18.8 Å². The smallest absolute Gasteiger partial charge is 0.308 e. The molecule has 3 aromatic rings.